The summed E-state index contributed by atoms with van der Waals surface area (Å²) in [6.07, 6.45) is 1.93. The van der Waals surface area contributed by atoms with Crippen molar-refractivity contribution in [3.63, 3.8) is 0 Å². The summed E-state index contributed by atoms with van der Waals surface area (Å²) in [5.74, 6) is 1.09. The second-order valence-electron chi connectivity index (χ2n) is 2.36. The second kappa shape index (κ2) is 3.81. The highest BCUT2D eigenvalue weighted by molar-refractivity contribution is 7.99. The highest BCUT2D eigenvalue weighted by atomic mass is 32.2. The topological polar surface area (TPSA) is 17.8 Å². The molecule has 0 N–H and O–H groups in total. The van der Waals surface area contributed by atoms with Gasteiger partial charge in [0.1, 0.15) is 0 Å². The molecule has 0 aliphatic rings. The smallest absolute Gasteiger partial charge is 0.168 e. The van der Waals surface area contributed by atoms with E-state index in [-0.39, 0.29) is 0 Å². The summed E-state index contributed by atoms with van der Waals surface area (Å²) < 4.78 is 2.23. The first kappa shape index (κ1) is 8.65. The Morgan fingerprint density at radius 1 is 1.55 bits per heavy atom. The molecule has 0 spiro atoms. The van der Waals surface area contributed by atoms with Gasteiger partial charge in [-0.2, -0.15) is 0 Å². The van der Waals surface area contributed by atoms with E-state index in [1.54, 1.807) is 11.8 Å². The predicted octanol–water partition coefficient (Wildman–Crippen LogP) is 2.32. The van der Waals surface area contributed by atoms with E-state index in [1.807, 2.05) is 6.20 Å². The molecule has 0 saturated carbocycles. The van der Waals surface area contributed by atoms with Gasteiger partial charge in [0.25, 0.3) is 0 Å². The lowest BCUT2D eigenvalue weighted by atomic mass is 10.5. The van der Waals surface area contributed by atoms with E-state index in [9.17, 15) is 0 Å². The Kier molecular flexibility index (Phi) is 3.00. The van der Waals surface area contributed by atoms with Crippen molar-refractivity contribution in [3.05, 3.63) is 11.9 Å². The molecule has 62 valence electrons. The van der Waals surface area contributed by atoms with Crippen LogP contribution < -0.4 is 0 Å². The molecule has 0 saturated heterocycles. The molecule has 0 aliphatic carbocycles. The van der Waals surface area contributed by atoms with Gasteiger partial charge < -0.3 is 4.57 Å². The molecular weight excluding hydrogens is 156 g/mol. The number of hydrogen-bond donors (Lipinski definition) is 0. The zero-order chi connectivity index (χ0) is 8.27. The van der Waals surface area contributed by atoms with E-state index >= 15 is 0 Å². The Labute approximate surface area is 72.0 Å². The van der Waals surface area contributed by atoms with Gasteiger partial charge in [0.15, 0.2) is 5.16 Å². The van der Waals surface area contributed by atoms with Crippen LogP contribution in [0, 0.1) is 6.92 Å². The van der Waals surface area contributed by atoms with E-state index < -0.39 is 0 Å². The summed E-state index contributed by atoms with van der Waals surface area (Å²) in [6.45, 7) is 7.41. The van der Waals surface area contributed by atoms with Crippen LogP contribution in [0.2, 0.25) is 0 Å². The lowest BCUT2D eigenvalue weighted by molar-refractivity contribution is 0.663. The van der Waals surface area contributed by atoms with Crippen molar-refractivity contribution in [3.8, 4) is 0 Å². The maximum Gasteiger partial charge on any atom is 0.168 e. The van der Waals surface area contributed by atoms with Crippen LogP contribution >= 0.6 is 11.8 Å². The van der Waals surface area contributed by atoms with E-state index in [1.165, 1.54) is 5.69 Å². The molecule has 1 heterocycles. The molecule has 0 atom stereocenters. The molecule has 1 rings (SSSR count). The highest BCUT2D eigenvalue weighted by Crippen LogP contribution is 2.16. The number of rotatable bonds is 3. The molecule has 0 bridgehead atoms. The van der Waals surface area contributed by atoms with Crippen molar-refractivity contribution in [2.24, 2.45) is 0 Å². The summed E-state index contributed by atoms with van der Waals surface area (Å²) in [5.41, 5.74) is 1.25. The summed E-state index contributed by atoms with van der Waals surface area (Å²) in [7, 11) is 0. The summed E-state index contributed by atoms with van der Waals surface area (Å²) >= 11 is 1.80. The lowest BCUT2D eigenvalue weighted by Gasteiger charge is -2.03. The Morgan fingerprint density at radius 3 is 2.82 bits per heavy atom. The summed E-state index contributed by atoms with van der Waals surface area (Å²) in [6, 6.07) is 0. The number of aromatic nitrogens is 2. The van der Waals surface area contributed by atoms with E-state index in [0.717, 1.165) is 17.5 Å². The van der Waals surface area contributed by atoms with Crippen molar-refractivity contribution in [2.75, 3.05) is 5.75 Å². The molecule has 0 aliphatic heterocycles. The Morgan fingerprint density at radius 2 is 2.27 bits per heavy atom. The van der Waals surface area contributed by atoms with Crippen molar-refractivity contribution in [1.29, 1.82) is 0 Å². The summed E-state index contributed by atoms with van der Waals surface area (Å²) in [5, 5.41) is 1.15. The van der Waals surface area contributed by atoms with Crippen LogP contribution in [0.3, 0.4) is 0 Å². The monoisotopic (exact) mass is 170 g/mol. The molecule has 0 amide bonds. The van der Waals surface area contributed by atoms with Crippen molar-refractivity contribution < 1.29 is 0 Å². The molecular formula is C8H14N2S. The highest BCUT2D eigenvalue weighted by Gasteiger charge is 2.02. The molecule has 11 heavy (non-hydrogen) atoms. The zero-order valence-corrected chi connectivity index (χ0v) is 8.11. The van der Waals surface area contributed by atoms with Gasteiger partial charge in [-0.05, 0) is 19.6 Å². The number of aryl methyl sites for hydroxylation is 1. The van der Waals surface area contributed by atoms with Crippen LogP contribution in [0.25, 0.3) is 0 Å². The van der Waals surface area contributed by atoms with Gasteiger partial charge in [-0.3, -0.25) is 0 Å². The molecule has 0 aromatic carbocycles. The molecule has 0 radical (unpaired) electrons. The number of nitrogens with zero attached hydrogens (tertiary/aromatic N) is 2. The van der Waals surface area contributed by atoms with Gasteiger partial charge in [-0.1, -0.05) is 18.7 Å². The number of hydrogen-bond acceptors (Lipinski definition) is 2. The largest absolute Gasteiger partial charge is 0.324 e. The van der Waals surface area contributed by atoms with Gasteiger partial charge in [-0.15, -0.1) is 0 Å². The lowest BCUT2D eigenvalue weighted by Crippen LogP contribution is -1.98. The van der Waals surface area contributed by atoms with Gasteiger partial charge in [0, 0.05) is 18.4 Å². The SMILES string of the molecule is CCSc1ncc(C)n1CC. The average Bonchev–Trinajstić information content (AvgIpc) is 2.33. The Balaban J connectivity index is 2.86. The fourth-order valence-corrected chi connectivity index (χ4v) is 1.88. The van der Waals surface area contributed by atoms with Gasteiger partial charge in [0.05, 0.1) is 0 Å². The maximum absolute atomic E-state index is 4.30. The number of imidazole rings is 1. The Hall–Kier alpha value is -0.440. The third-order valence-electron chi connectivity index (χ3n) is 1.61. The van der Waals surface area contributed by atoms with E-state index in [0.29, 0.717) is 0 Å². The molecule has 0 fully saturated rings. The minimum atomic E-state index is 1.02. The van der Waals surface area contributed by atoms with Crippen LogP contribution in [0.15, 0.2) is 11.4 Å². The molecule has 2 nitrogen and oxygen atoms in total. The first-order valence-electron chi connectivity index (χ1n) is 3.94. The van der Waals surface area contributed by atoms with Crippen LogP contribution in [-0.4, -0.2) is 15.3 Å². The molecule has 0 unspecified atom stereocenters. The minimum Gasteiger partial charge on any atom is -0.324 e. The van der Waals surface area contributed by atoms with E-state index in [2.05, 4.69) is 30.3 Å². The zero-order valence-electron chi connectivity index (χ0n) is 7.29. The quantitative estimate of drug-likeness (QED) is 0.648. The van der Waals surface area contributed by atoms with Crippen LogP contribution in [-0.2, 0) is 6.54 Å². The Bertz CT molecular complexity index is 230. The summed E-state index contributed by atoms with van der Waals surface area (Å²) in [4.78, 5) is 4.30. The van der Waals surface area contributed by atoms with Crippen molar-refractivity contribution in [2.45, 2.75) is 32.5 Å². The third kappa shape index (κ3) is 1.77. The van der Waals surface area contributed by atoms with Gasteiger partial charge in [-0.25, -0.2) is 4.98 Å². The standard InChI is InChI=1S/C8H14N2S/c1-4-10-7(3)6-9-8(10)11-5-2/h6H,4-5H2,1-3H3. The molecule has 1 aromatic heterocycles. The third-order valence-corrected chi connectivity index (χ3v) is 2.48. The maximum atomic E-state index is 4.30. The van der Waals surface area contributed by atoms with Crippen LogP contribution in [0.1, 0.15) is 19.5 Å². The predicted molar refractivity (Wildman–Crippen MR) is 49.0 cm³/mol. The number of thioether (sulfide) groups is 1. The van der Waals surface area contributed by atoms with Crippen molar-refractivity contribution >= 4 is 11.8 Å². The van der Waals surface area contributed by atoms with Crippen molar-refractivity contribution in [1.82, 2.24) is 9.55 Å². The minimum absolute atomic E-state index is 1.02. The normalized spacial score (nSPS) is 10.5. The fourth-order valence-electron chi connectivity index (χ4n) is 1.07. The molecule has 3 heteroatoms. The van der Waals surface area contributed by atoms with Crippen LogP contribution in [0.5, 0.6) is 0 Å². The molecule has 1 aromatic rings. The second-order valence-corrected chi connectivity index (χ2v) is 3.59. The first-order valence-corrected chi connectivity index (χ1v) is 4.93. The van der Waals surface area contributed by atoms with Crippen LogP contribution in [0.4, 0.5) is 0 Å². The van der Waals surface area contributed by atoms with Gasteiger partial charge in [0.2, 0.25) is 0 Å². The first-order chi connectivity index (χ1) is 5.29. The average molecular weight is 170 g/mol. The van der Waals surface area contributed by atoms with Gasteiger partial charge >= 0.3 is 0 Å². The fraction of sp³-hybridized carbons (Fsp3) is 0.625. The van der Waals surface area contributed by atoms with E-state index in [4.69, 9.17) is 0 Å².